The van der Waals surface area contributed by atoms with Crippen LogP contribution in [0.4, 0.5) is 11.5 Å². The van der Waals surface area contributed by atoms with Crippen molar-refractivity contribution in [2.45, 2.75) is 18.9 Å². The molecule has 0 bridgehead atoms. The van der Waals surface area contributed by atoms with Gasteiger partial charge in [-0.2, -0.15) is 5.10 Å². The smallest absolute Gasteiger partial charge is 0.160 e. The predicted molar refractivity (Wildman–Crippen MR) is 122 cm³/mol. The van der Waals surface area contributed by atoms with Gasteiger partial charge < -0.3 is 10.2 Å². The lowest BCUT2D eigenvalue weighted by molar-refractivity contribution is 0.627. The normalized spacial score (nSPS) is 15.9. The van der Waals surface area contributed by atoms with Crippen LogP contribution in [0.5, 0.6) is 0 Å². The number of aromatic nitrogens is 4. The Bertz CT molecular complexity index is 1190. The molecule has 0 saturated carbocycles. The van der Waals surface area contributed by atoms with Gasteiger partial charge in [-0.1, -0.05) is 47.5 Å². The Morgan fingerprint density at radius 3 is 2.93 bits per heavy atom. The van der Waals surface area contributed by atoms with Crippen molar-refractivity contribution in [3.63, 3.8) is 0 Å². The number of para-hydroxylation sites is 1. The molecule has 0 aliphatic carbocycles. The summed E-state index contributed by atoms with van der Waals surface area (Å²) in [7, 11) is 0. The molecule has 0 spiro atoms. The molecule has 5 rings (SSSR count). The molecule has 152 valence electrons. The summed E-state index contributed by atoms with van der Waals surface area (Å²) >= 11 is 12.4. The maximum atomic E-state index is 6.39. The molecule has 0 saturated heterocycles. The number of H-pyrrole nitrogens is 1. The summed E-state index contributed by atoms with van der Waals surface area (Å²) in [4.78, 5) is 11.1. The maximum absolute atomic E-state index is 6.39. The average Bonchev–Trinajstić information content (AvgIpc) is 3.23. The van der Waals surface area contributed by atoms with Crippen LogP contribution in [0, 0.1) is 0 Å². The van der Waals surface area contributed by atoms with Gasteiger partial charge in [0.15, 0.2) is 5.65 Å². The van der Waals surface area contributed by atoms with Gasteiger partial charge in [0.25, 0.3) is 0 Å². The summed E-state index contributed by atoms with van der Waals surface area (Å²) in [6.07, 6.45) is 5.09. The molecule has 1 atom stereocenters. The van der Waals surface area contributed by atoms with Crippen LogP contribution in [0.2, 0.25) is 10.0 Å². The first-order valence-electron chi connectivity index (χ1n) is 9.85. The highest BCUT2D eigenvalue weighted by Crippen LogP contribution is 2.30. The summed E-state index contributed by atoms with van der Waals surface area (Å²) in [6, 6.07) is 14.5. The summed E-state index contributed by atoms with van der Waals surface area (Å²) in [6.45, 7) is 1.73. The van der Waals surface area contributed by atoms with E-state index in [1.165, 1.54) is 11.3 Å². The topological polar surface area (TPSA) is 69.7 Å². The van der Waals surface area contributed by atoms with Gasteiger partial charge >= 0.3 is 0 Å². The fraction of sp³-hybridized carbons (Fsp3) is 0.227. The first-order chi connectivity index (χ1) is 14.7. The molecule has 0 fully saturated rings. The number of hydrogen-bond donors (Lipinski definition) is 2. The average molecular weight is 439 g/mol. The van der Waals surface area contributed by atoms with Gasteiger partial charge in [0, 0.05) is 34.9 Å². The third kappa shape index (κ3) is 3.80. The Hall–Kier alpha value is -2.83. The minimum atomic E-state index is 0.216. The third-order valence-electron chi connectivity index (χ3n) is 5.49. The molecule has 4 aromatic rings. The van der Waals surface area contributed by atoms with Gasteiger partial charge in [0.2, 0.25) is 0 Å². The molecular weight excluding hydrogens is 419 g/mol. The second-order valence-electron chi connectivity index (χ2n) is 7.46. The molecule has 2 N–H and O–H groups in total. The van der Waals surface area contributed by atoms with Crippen LogP contribution in [0.25, 0.3) is 11.0 Å². The lowest BCUT2D eigenvalue weighted by Crippen LogP contribution is -2.43. The van der Waals surface area contributed by atoms with E-state index in [-0.39, 0.29) is 6.04 Å². The van der Waals surface area contributed by atoms with Crippen LogP contribution in [0.1, 0.15) is 11.1 Å². The summed E-state index contributed by atoms with van der Waals surface area (Å²) in [5, 5.41) is 12.9. The SMILES string of the molecule is Clc1ccc(CCN2CC(Nc3ncnc4[nH]ncc34)Cc3ccccc32)c(Cl)c1. The highest BCUT2D eigenvalue weighted by atomic mass is 35.5. The van der Waals surface area contributed by atoms with Crippen molar-refractivity contribution in [1.82, 2.24) is 20.2 Å². The third-order valence-corrected chi connectivity index (χ3v) is 6.08. The van der Waals surface area contributed by atoms with Crippen molar-refractivity contribution in [3.8, 4) is 0 Å². The molecule has 1 aliphatic heterocycles. The number of halogens is 2. The van der Waals surface area contributed by atoms with E-state index in [4.69, 9.17) is 23.2 Å². The van der Waals surface area contributed by atoms with Crippen LogP contribution < -0.4 is 10.2 Å². The van der Waals surface area contributed by atoms with E-state index in [0.717, 1.165) is 48.3 Å². The Kier molecular flexibility index (Phi) is 5.19. The molecule has 30 heavy (non-hydrogen) atoms. The first kappa shape index (κ1) is 19.2. The summed E-state index contributed by atoms with van der Waals surface area (Å²) < 4.78 is 0. The highest BCUT2D eigenvalue weighted by molar-refractivity contribution is 6.35. The number of hydrogen-bond acceptors (Lipinski definition) is 5. The number of nitrogens with one attached hydrogen (secondary N) is 2. The molecule has 2 aromatic carbocycles. The minimum absolute atomic E-state index is 0.216. The van der Waals surface area contributed by atoms with Crippen molar-refractivity contribution >= 4 is 45.7 Å². The van der Waals surface area contributed by atoms with Crippen molar-refractivity contribution < 1.29 is 0 Å². The Balaban J connectivity index is 1.37. The molecule has 1 unspecified atom stereocenters. The van der Waals surface area contributed by atoms with E-state index < -0.39 is 0 Å². The van der Waals surface area contributed by atoms with Gasteiger partial charge in [-0.25, -0.2) is 9.97 Å². The number of anilines is 2. The predicted octanol–water partition coefficient (Wildman–Crippen LogP) is 4.75. The van der Waals surface area contributed by atoms with Crippen molar-refractivity contribution in [1.29, 1.82) is 0 Å². The second-order valence-corrected chi connectivity index (χ2v) is 8.30. The van der Waals surface area contributed by atoms with E-state index in [1.54, 1.807) is 18.6 Å². The summed E-state index contributed by atoms with van der Waals surface area (Å²) in [5.41, 5.74) is 4.43. The molecule has 0 radical (unpaired) electrons. The van der Waals surface area contributed by atoms with Crippen LogP contribution in [-0.2, 0) is 12.8 Å². The number of aromatic amines is 1. The standard InChI is InChI=1S/C22H20Cl2N6/c23-16-6-5-14(19(24)10-16)7-8-30-12-17(9-15-3-1-2-4-20(15)30)28-21-18-11-27-29-22(18)26-13-25-21/h1-6,10-11,13,17H,7-9,12H2,(H2,25,26,27,28,29). The molecule has 3 heterocycles. The Morgan fingerprint density at radius 1 is 1.13 bits per heavy atom. The van der Waals surface area contributed by atoms with E-state index in [1.807, 2.05) is 12.1 Å². The van der Waals surface area contributed by atoms with Gasteiger partial charge in [-0.15, -0.1) is 0 Å². The molecular formula is C22H20Cl2N6. The molecule has 2 aromatic heterocycles. The van der Waals surface area contributed by atoms with Crippen molar-refractivity contribution in [2.75, 3.05) is 23.3 Å². The Morgan fingerprint density at radius 2 is 2.03 bits per heavy atom. The zero-order chi connectivity index (χ0) is 20.5. The monoisotopic (exact) mass is 438 g/mol. The quantitative estimate of drug-likeness (QED) is 0.470. The summed E-state index contributed by atoms with van der Waals surface area (Å²) in [5.74, 6) is 0.804. The zero-order valence-electron chi connectivity index (χ0n) is 16.1. The highest BCUT2D eigenvalue weighted by Gasteiger charge is 2.25. The van der Waals surface area contributed by atoms with Crippen LogP contribution in [0.3, 0.4) is 0 Å². The maximum Gasteiger partial charge on any atom is 0.160 e. The fourth-order valence-corrected chi connectivity index (χ4v) is 4.55. The number of benzene rings is 2. The van der Waals surface area contributed by atoms with E-state index in [2.05, 4.69) is 54.6 Å². The molecule has 6 nitrogen and oxygen atoms in total. The lowest BCUT2D eigenvalue weighted by Gasteiger charge is -2.37. The van der Waals surface area contributed by atoms with Crippen LogP contribution in [-0.4, -0.2) is 39.3 Å². The van der Waals surface area contributed by atoms with Crippen molar-refractivity contribution in [3.05, 3.63) is 76.2 Å². The largest absolute Gasteiger partial charge is 0.369 e. The van der Waals surface area contributed by atoms with E-state index in [9.17, 15) is 0 Å². The fourth-order valence-electron chi connectivity index (χ4n) is 4.05. The molecule has 8 heteroatoms. The first-order valence-corrected chi connectivity index (χ1v) is 10.6. The number of nitrogens with zero attached hydrogens (tertiary/aromatic N) is 4. The van der Waals surface area contributed by atoms with Gasteiger partial charge in [-0.05, 0) is 42.2 Å². The lowest BCUT2D eigenvalue weighted by atomic mass is 9.97. The van der Waals surface area contributed by atoms with Crippen LogP contribution in [0.15, 0.2) is 55.0 Å². The van der Waals surface area contributed by atoms with Crippen LogP contribution >= 0.6 is 23.2 Å². The zero-order valence-corrected chi connectivity index (χ0v) is 17.7. The minimum Gasteiger partial charge on any atom is -0.369 e. The van der Waals surface area contributed by atoms with Gasteiger partial charge in [0.1, 0.15) is 12.1 Å². The van der Waals surface area contributed by atoms with Gasteiger partial charge in [-0.3, -0.25) is 5.10 Å². The van der Waals surface area contributed by atoms with E-state index >= 15 is 0 Å². The molecule has 1 aliphatic rings. The number of fused-ring (bicyclic) bond motifs is 2. The van der Waals surface area contributed by atoms with Gasteiger partial charge in [0.05, 0.1) is 11.6 Å². The second kappa shape index (κ2) is 8.13. The van der Waals surface area contributed by atoms with Crippen molar-refractivity contribution in [2.24, 2.45) is 0 Å². The number of rotatable bonds is 5. The Labute approximate surface area is 184 Å². The van der Waals surface area contributed by atoms with E-state index in [0.29, 0.717) is 10.0 Å². The molecule has 0 amide bonds.